The Morgan fingerprint density at radius 3 is 2.76 bits per heavy atom. The normalized spacial score (nSPS) is 22.0. The first-order valence-corrected chi connectivity index (χ1v) is 8.47. The topological polar surface area (TPSA) is 66.4 Å². The minimum absolute atomic E-state index is 0.122. The second-order valence-corrected chi connectivity index (χ2v) is 7.01. The molecule has 0 saturated heterocycles. The van der Waals surface area contributed by atoms with E-state index in [9.17, 15) is 14.7 Å². The van der Waals surface area contributed by atoms with Crippen molar-refractivity contribution in [1.82, 2.24) is 5.32 Å². The molecule has 2 unspecified atom stereocenters. The van der Waals surface area contributed by atoms with Crippen molar-refractivity contribution in [2.24, 2.45) is 5.92 Å². The molecule has 5 heteroatoms. The van der Waals surface area contributed by atoms with Gasteiger partial charge in [-0.05, 0) is 37.8 Å². The van der Waals surface area contributed by atoms with Crippen LogP contribution in [0.2, 0.25) is 0 Å². The lowest BCUT2D eigenvalue weighted by Crippen LogP contribution is -2.44. The van der Waals surface area contributed by atoms with Gasteiger partial charge in [0.1, 0.15) is 0 Å². The predicted octanol–water partition coefficient (Wildman–Crippen LogP) is 3.38. The lowest BCUT2D eigenvalue weighted by Gasteiger charge is -2.29. The Balaban J connectivity index is 2.06. The van der Waals surface area contributed by atoms with Gasteiger partial charge in [0.15, 0.2) is 0 Å². The van der Waals surface area contributed by atoms with Crippen molar-refractivity contribution in [3.63, 3.8) is 0 Å². The van der Waals surface area contributed by atoms with Crippen molar-refractivity contribution in [2.75, 3.05) is 0 Å². The van der Waals surface area contributed by atoms with Crippen LogP contribution in [0.1, 0.15) is 59.1 Å². The van der Waals surface area contributed by atoms with E-state index < -0.39 is 11.9 Å². The van der Waals surface area contributed by atoms with Gasteiger partial charge in [0.25, 0.3) is 5.91 Å². The average Bonchev–Trinajstić information content (AvgIpc) is 2.81. The van der Waals surface area contributed by atoms with Gasteiger partial charge in [-0.2, -0.15) is 0 Å². The second-order valence-electron chi connectivity index (χ2n) is 5.75. The first-order valence-electron chi connectivity index (χ1n) is 7.66. The van der Waals surface area contributed by atoms with Gasteiger partial charge in [0, 0.05) is 10.9 Å². The zero-order chi connectivity index (χ0) is 15.4. The van der Waals surface area contributed by atoms with Crippen LogP contribution in [0.15, 0.2) is 6.07 Å². The van der Waals surface area contributed by atoms with Gasteiger partial charge in [-0.3, -0.25) is 9.59 Å². The predicted molar refractivity (Wildman–Crippen MR) is 83.9 cm³/mol. The average molecular weight is 309 g/mol. The summed E-state index contributed by atoms with van der Waals surface area (Å²) >= 11 is 1.50. The first-order chi connectivity index (χ1) is 10.0. The minimum Gasteiger partial charge on any atom is -0.481 e. The molecule has 1 amide bonds. The van der Waals surface area contributed by atoms with Gasteiger partial charge in [0.2, 0.25) is 0 Å². The van der Waals surface area contributed by atoms with E-state index in [2.05, 4.69) is 12.2 Å². The number of carbonyl (C=O) groups is 2. The van der Waals surface area contributed by atoms with E-state index in [1.807, 2.05) is 13.0 Å². The van der Waals surface area contributed by atoms with Crippen LogP contribution in [0.5, 0.6) is 0 Å². The Morgan fingerprint density at radius 1 is 1.38 bits per heavy atom. The van der Waals surface area contributed by atoms with Gasteiger partial charge in [-0.1, -0.05) is 26.2 Å². The van der Waals surface area contributed by atoms with Crippen LogP contribution in [0.3, 0.4) is 0 Å². The monoisotopic (exact) mass is 309 g/mol. The van der Waals surface area contributed by atoms with E-state index in [1.165, 1.54) is 21.8 Å². The molecule has 2 rings (SSSR count). The Hall–Kier alpha value is -1.36. The molecule has 4 nitrogen and oxygen atoms in total. The van der Waals surface area contributed by atoms with Crippen molar-refractivity contribution < 1.29 is 14.7 Å². The zero-order valence-corrected chi connectivity index (χ0v) is 13.5. The molecule has 2 N–H and O–H groups in total. The fraction of sp³-hybridized carbons (Fsp3) is 0.625. The van der Waals surface area contributed by atoms with Gasteiger partial charge in [-0.25, -0.2) is 0 Å². The summed E-state index contributed by atoms with van der Waals surface area (Å²) in [5.41, 5.74) is 1.23. The third-order valence-electron chi connectivity index (χ3n) is 4.16. The molecule has 0 aromatic carbocycles. The number of amides is 1. The number of hydrogen-bond donors (Lipinski definition) is 2. The summed E-state index contributed by atoms with van der Waals surface area (Å²) in [5, 5.41) is 12.2. The van der Waals surface area contributed by atoms with Crippen LogP contribution in [0.4, 0.5) is 0 Å². The van der Waals surface area contributed by atoms with Crippen molar-refractivity contribution in [3.8, 4) is 0 Å². The maximum Gasteiger partial charge on any atom is 0.308 e. The number of thiophene rings is 1. The maximum absolute atomic E-state index is 12.4. The van der Waals surface area contributed by atoms with E-state index in [0.29, 0.717) is 11.3 Å². The van der Waals surface area contributed by atoms with Crippen molar-refractivity contribution in [3.05, 3.63) is 21.4 Å². The highest BCUT2D eigenvalue weighted by Crippen LogP contribution is 2.27. The minimum atomic E-state index is -0.797. The van der Waals surface area contributed by atoms with E-state index in [1.54, 1.807) is 0 Å². The molecule has 1 heterocycles. The molecule has 21 heavy (non-hydrogen) atoms. The summed E-state index contributed by atoms with van der Waals surface area (Å²) in [5.74, 6) is -1.36. The van der Waals surface area contributed by atoms with Gasteiger partial charge >= 0.3 is 5.97 Å². The lowest BCUT2D eigenvalue weighted by atomic mass is 9.84. The summed E-state index contributed by atoms with van der Waals surface area (Å²) in [6, 6.07) is 1.72. The van der Waals surface area contributed by atoms with E-state index >= 15 is 0 Å². The van der Waals surface area contributed by atoms with E-state index in [4.69, 9.17) is 0 Å². The zero-order valence-electron chi connectivity index (χ0n) is 12.6. The number of hydrogen-bond acceptors (Lipinski definition) is 3. The first kappa shape index (κ1) is 16.0. The van der Waals surface area contributed by atoms with E-state index in [-0.39, 0.29) is 11.9 Å². The SMILES string of the molecule is CCCc1cc(C(=O)NC2CCCCC2C(=O)O)sc1C. The van der Waals surface area contributed by atoms with E-state index in [0.717, 1.165) is 32.1 Å². The number of carboxylic acids is 1. The quantitative estimate of drug-likeness (QED) is 0.876. The van der Waals surface area contributed by atoms with Crippen LogP contribution in [0.25, 0.3) is 0 Å². The Bertz CT molecular complexity index is 524. The second kappa shape index (κ2) is 7.07. The highest BCUT2D eigenvalue weighted by Gasteiger charge is 2.32. The smallest absolute Gasteiger partial charge is 0.308 e. The Kier molecular flexibility index (Phi) is 5.39. The maximum atomic E-state index is 12.4. The molecule has 0 bridgehead atoms. The number of aliphatic carboxylic acids is 1. The van der Waals surface area contributed by atoms with Crippen molar-refractivity contribution in [2.45, 2.75) is 58.4 Å². The fourth-order valence-corrected chi connectivity index (χ4v) is 3.96. The molecule has 0 aliphatic heterocycles. The molecule has 2 atom stereocenters. The fourth-order valence-electron chi connectivity index (χ4n) is 2.99. The number of carboxylic acid groups (broad SMARTS) is 1. The third-order valence-corrected chi connectivity index (χ3v) is 5.25. The lowest BCUT2D eigenvalue weighted by molar-refractivity contribution is -0.143. The third kappa shape index (κ3) is 3.84. The van der Waals surface area contributed by atoms with Gasteiger partial charge in [0.05, 0.1) is 10.8 Å². The van der Waals surface area contributed by atoms with Crippen LogP contribution >= 0.6 is 11.3 Å². The van der Waals surface area contributed by atoms with Crippen molar-refractivity contribution in [1.29, 1.82) is 0 Å². The highest BCUT2D eigenvalue weighted by atomic mass is 32.1. The molecule has 1 aromatic rings. The molecule has 1 fully saturated rings. The number of rotatable bonds is 5. The van der Waals surface area contributed by atoms with Gasteiger partial charge < -0.3 is 10.4 Å². The molecule has 1 aliphatic rings. The Labute approximate surface area is 129 Å². The molecule has 116 valence electrons. The summed E-state index contributed by atoms with van der Waals surface area (Å²) in [4.78, 5) is 25.5. The summed E-state index contributed by atoms with van der Waals surface area (Å²) in [6.07, 6.45) is 5.38. The molecule has 1 saturated carbocycles. The highest BCUT2D eigenvalue weighted by molar-refractivity contribution is 7.14. The molecule has 0 spiro atoms. The van der Waals surface area contributed by atoms with Crippen LogP contribution in [-0.2, 0) is 11.2 Å². The largest absolute Gasteiger partial charge is 0.481 e. The van der Waals surface area contributed by atoms with Crippen LogP contribution in [-0.4, -0.2) is 23.0 Å². The van der Waals surface area contributed by atoms with Crippen LogP contribution < -0.4 is 5.32 Å². The number of carbonyl (C=O) groups excluding carboxylic acids is 1. The number of nitrogens with one attached hydrogen (secondary N) is 1. The Morgan fingerprint density at radius 2 is 2.10 bits per heavy atom. The molecule has 0 radical (unpaired) electrons. The molecule has 1 aliphatic carbocycles. The summed E-state index contributed by atoms with van der Waals surface area (Å²) in [6.45, 7) is 4.16. The molecule has 1 aromatic heterocycles. The summed E-state index contributed by atoms with van der Waals surface area (Å²) in [7, 11) is 0. The van der Waals surface area contributed by atoms with Gasteiger partial charge in [-0.15, -0.1) is 11.3 Å². The van der Waals surface area contributed by atoms with Crippen LogP contribution in [0, 0.1) is 12.8 Å². The standard InChI is InChI=1S/C16H23NO3S/c1-3-6-11-9-14(21-10(11)2)15(18)17-13-8-5-4-7-12(13)16(19)20/h9,12-13H,3-8H2,1-2H3,(H,17,18)(H,19,20). The number of aryl methyl sites for hydroxylation is 2. The summed E-state index contributed by atoms with van der Waals surface area (Å²) < 4.78 is 0. The molecular weight excluding hydrogens is 286 g/mol. The van der Waals surface area contributed by atoms with Crippen molar-refractivity contribution >= 4 is 23.2 Å². The molecular formula is C16H23NO3S.